The predicted molar refractivity (Wildman–Crippen MR) is 127 cm³/mol. The Morgan fingerprint density at radius 3 is 2.50 bits per heavy atom. The summed E-state index contributed by atoms with van der Waals surface area (Å²) in [6.45, 7) is 2.12. The number of fused-ring (bicyclic) bond motifs is 4. The molecule has 2 aliphatic rings. The van der Waals surface area contributed by atoms with Crippen LogP contribution in [0.3, 0.4) is 0 Å². The number of nitrogens with zero attached hydrogens (tertiary/aromatic N) is 2. The number of aromatic nitrogens is 1. The van der Waals surface area contributed by atoms with Crippen molar-refractivity contribution in [1.82, 2.24) is 14.8 Å². The van der Waals surface area contributed by atoms with Gasteiger partial charge in [-0.2, -0.15) is 0 Å². The zero-order valence-corrected chi connectivity index (χ0v) is 19.2. The van der Waals surface area contributed by atoms with Crippen molar-refractivity contribution in [3.05, 3.63) is 94.2 Å². The summed E-state index contributed by atoms with van der Waals surface area (Å²) >= 11 is 0. The van der Waals surface area contributed by atoms with E-state index in [2.05, 4.69) is 10.2 Å². The molecule has 2 aromatic carbocycles. The number of benzene rings is 2. The number of halogens is 1. The minimum Gasteiger partial charge on any atom is -0.396 e. The van der Waals surface area contributed by atoms with E-state index in [4.69, 9.17) is 0 Å². The quantitative estimate of drug-likeness (QED) is 0.612. The van der Waals surface area contributed by atoms with Crippen molar-refractivity contribution in [3.63, 3.8) is 0 Å². The highest BCUT2D eigenvalue weighted by Crippen LogP contribution is 2.47. The monoisotopic (exact) mass is 461 g/mol. The van der Waals surface area contributed by atoms with Crippen molar-refractivity contribution in [2.24, 2.45) is 11.8 Å². The third-order valence-electron chi connectivity index (χ3n) is 7.47. The summed E-state index contributed by atoms with van der Waals surface area (Å²) in [7, 11) is 1.94. The molecule has 0 saturated carbocycles. The molecule has 3 aromatic rings. The number of likely N-dealkylation sites (N-methyl/N-ethyl adjacent to an activating group) is 1. The molecule has 176 valence electrons. The fourth-order valence-corrected chi connectivity index (χ4v) is 5.71. The number of amides is 1. The largest absolute Gasteiger partial charge is 0.396 e. The summed E-state index contributed by atoms with van der Waals surface area (Å²) in [4.78, 5) is 29.1. The van der Waals surface area contributed by atoms with Gasteiger partial charge in [0.2, 0.25) is 5.91 Å². The molecule has 34 heavy (non-hydrogen) atoms. The van der Waals surface area contributed by atoms with Gasteiger partial charge in [-0.1, -0.05) is 48.5 Å². The standard InChI is InChI=1S/C27H28FN3O3/c1-16(17-8-4-3-5-9-17)29-26(33)24-20(15-32)23-14-31-22(25(24)30(23)2)13-12-19(27(31)34)18-10-6-7-11-21(18)28/h3-13,16,20,23-25,32H,14-15H2,1-2H3,(H,29,33)/t16-,20-,23-,24+,25+/m0/s1. The zero-order valence-electron chi connectivity index (χ0n) is 19.2. The van der Waals surface area contributed by atoms with Crippen LogP contribution in [0, 0.1) is 17.7 Å². The third kappa shape index (κ3) is 3.56. The van der Waals surface area contributed by atoms with E-state index in [-0.39, 0.29) is 47.7 Å². The Balaban J connectivity index is 1.52. The van der Waals surface area contributed by atoms with Gasteiger partial charge in [0, 0.05) is 36.4 Å². The average Bonchev–Trinajstić information content (AvgIpc) is 3.02. The van der Waals surface area contributed by atoms with Crippen LogP contribution in [0.25, 0.3) is 11.1 Å². The third-order valence-corrected chi connectivity index (χ3v) is 7.47. The maximum absolute atomic E-state index is 14.4. The summed E-state index contributed by atoms with van der Waals surface area (Å²) in [5, 5.41) is 13.4. The first-order chi connectivity index (χ1) is 16.4. The first-order valence-corrected chi connectivity index (χ1v) is 11.6. The Morgan fingerprint density at radius 1 is 1.09 bits per heavy atom. The molecule has 6 nitrogen and oxygen atoms in total. The number of aliphatic hydroxyl groups is 1. The maximum atomic E-state index is 14.4. The van der Waals surface area contributed by atoms with E-state index < -0.39 is 11.7 Å². The summed E-state index contributed by atoms with van der Waals surface area (Å²) in [6.07, 6.45) is 0. The van der Waals surface area contributed by atoms with Gasteiger partial charge in [0.05, 0.1) is 23.6 Å². The van der Waals surface area contributed by atoms with E-state index in [1.807, 2.05) is 50.4 Å². The molecule has 2 N–H and O–H groups in total. The van der Waals surface area contributed by atoms with E-state index in [1.54, 1.807) is 28.8 Å². The Labute approximate surface area is 197 Å². The molecule has 1 fully saturated rings. The van der Waals surface area contributed by atoms with Crippen LogP contribution in [0.5, 0.6) is 0 Å². The first-order valence-electron chi connectivity index (χ1n) is 11.6. The maximum Gasteiger partial charge on any atom is 0.258 e. The normalized spacial score (nSPS) is 24.5. The van der Waals surface area contributed by atoms with Crippen LogP contribution in [0.2, 0.25) is 0 Å². The van der Waals surface area contributed by atoms with Gasteiger partial charge in [-0.25, -0.2) is 4.39 Å². The van der Waals surface area contributed by atoms with Crippen molar-refractivity contribution in [2.75, 3.05) is 13.7 Å². The second-order valence-corrected chi connectivity index (χ2v) is 9.26. The summed E-state index contributed by atoms with van der Waals surface area (Å²) < 4.78 is 16.1. The van der Waals surface area contributed by atoms with Gasteiger partial charge in [-0.3, -0.25) is 14.5 Å². The van der Waals surface area contributed by atoms with Crippen LogP contribution in [0.15, 0.2) is 71.5 Å². The zero-order chi connectivity index (χ0) is 24.0. The molecule has 2 bridgehead atoms. The lowest BCUT2D eigenvalue weighted by Crippen LogP contribution is -2.44. The molecule has 0 spiro atoms. The number of nitrogens with one attached hydrogen (secondary N) is 1. The van der Waals surface area contributed by atoms with Gasteiger partial charge >= 0.3 is 0 Å². The van der Waals surface area contributed by atoms with Crippen molar-refractivity contribution in [2.45, 2.75) is 31.6 Å². The Morgan fingerprint density at radius 2 is 1.79 bits per heavy atom. The summed E-state index contributed by atoms with van der Waals surface area (Å²) in [5.74, 6) is -1.43. The lowest BCUT2D eigenvalue weighted by molar-refractivity contribution is -0.128. The fraction of sp³-hybridized carbons (Fsp3) is 0.333. The van der Waals surface area contributed by atoms with Gasteiger partial charge in [0.25, 0.3) is 5.56 Å². The number of hydrogen-bond acceptors (Lipinski definition) is 4. The molecule has 2 aliphatic heterocycles. The van der Waals surface area contributed by atoms with Crippen molar-refractivity contribution in [1.29, 1.82) is 0 Å². The minimum absolute atomic E-state index is 0.145. The molecule has 3 heterocycles. The lowest BCUT2D eigenvalue weighted by Gasteiger charge is -2.35. The molecule has 0 unspecified atom stereocenters. The van der Waals surface area contributed by atoms with E-state index in [0.29, 0.717) is 17.8 Å². The summed E-state index contributed by atoms with van der Waals surface area (Å²) in [6, 6.07) is 18.7. The van der Waals surface area contributed by atoms with Crippen LogP contribution in [0.1, 0.15) is 30.3 Å². The number of carbonyl (C=O) groups excluding carboxylic acids is 1. The second kappa shape index (κ2) is 8.81. The summed E-state index contributed by atoms with van der Waals surface area (Å²) in [5.41, 5.74) is 1.99. The predicted octanol–water partition coefficient (Wildman–Crippen LogP) is 3.13. The first kappa shape index (κ1) is 22.5. The number of rotatable bonds is 5. The molecule has 5 rings (SSSR count). The fourth-order valence-electron chi connectivity index (χ4n) is 5.71. The molecule has 1 aromatic heterocycles. The van der Waals surface area contributed by atoms with Crippen molar-refractivity contribution < 1.29 is 14.3 Å². The van der Waals surface area contributed by atoms with Crippen molar-refractivity contribution >= 4 is 5.91 Å². The van der Waals surface area contributed by atoms with Crippen molar-refractivity contribution in [3.8, 4) is 11.1 Å². The molecule has 7 heteroatoms. The molecule has 0 aliphatic carbocycles. The highest BCUT2D eigenvalue weighted by Gasteiger charge is 2.54. The second-order valence-electron chi connectivity index (χ2n) is 9.26. The SMILES string of the molecule is C[C@H](NC(=O)[C@@H]1[C@@H](CO)[C@@H]2Cn3c(ccc(-c4ccccc4F)c3=O)[C@H]1N2C)c1ccccc1. The molecular formula is C27H28FN3O3. The van der Waals surface area contributed by atoms with Crippen LogP contribution in [0.4, 0.5) is 4.39 Å². The number of hydrogen-bond donors (Lipinski definition) is 2. The van der Waals surface area contributed by atoms with Gasteiger partial charge in [0.15, 0.2) is 0 Å². The van der Waals surface area contributed by atoms with E-state index >= 15 is 0 Å². The van der Waals surface area contributed by atoms with Gasteiger partial charge < -0.3 is 15.0 Å². The topological polar surface area (TPSA) is 74.6 Å². The van der Waals surface area contributed by atoms with Gasteiger partial charge in [-0.05, 0) is 37.7 Å². The molecule has 0 radical (unpaired) electrons. The molecule has 1 saturated heterocycles. The highest BCUT2D eigenvalue weighted by atomic mass is 19.1. The number of carbonyl (C=O) groups is 1. The Bertz CT molecular complexity index is 1280. The van der Waals surface area contributed by atoms with Crippen LogP contribution in [-0.2, 0) is 11.3 Å². The van der Waals surface area contributed by atoms with E-state index in [0.717, 1.165) is 5.56 Å². The van der Waals surface area contributed by atoms with Gasteiger partial charge in [-0.15, -0.1) is 0 Å². The number of pyridine rings is 1. The molecular weight excluding hydrogens is 433 g/mol. The molecule has 1 amide bonds. The van der Waals surface area contributed by atoms with E-state index in [1.165, 1.54) is 6.07 Å². The van der Waals surface area contributed by atoms with Crippen LogP contribution < -0.4 is 10.9 Å². The minimum atomic E-state index is -0.515. The average molecular weight is 462 g/mol. The van der Waals surface area contributed by atoms with Crippen LogP contribution >= 0.6 is 0 Å². The smallest absolute Gasteiger partial charge is 0.258 e. The molecule has 5 atom stereocenters. The van der Waals surface area contributed by atoms with E-state index in [9.17, 15) is 19.1 Å². The Kier molecular flexibility index (Phi) is 5.83. The number of aliphatic hydroxyl groups excluding tert-OH is 1. The lowest BCUT2D eigenvalue weighted by atomic mass is 9.86. The highest BCUT2D eigenvalue weighted by molar-refractivity contribution is 5.81. The Hall–Kier alpha value is -3.29. The van der Waals surface area contributed by atoms with Gasteiger partial charge in [0.1, 0.15) is 5.82 Å². The van der Waals surface area contributed by atoms with Crippen LogP contribution in [-0.4, -0.2) is 40.2 Å².